The van der Waals surface area contributed by atoms with E-state index >= 15 is 0 Å². The van der Waals surface area contributed by atoms with Crippen LogP contribution in [0.5, 0.6) is 0 Å². The Balaban J connectivity index is 2.30. The van der Waals surface area contributed by atoms with Crippen molar-refractivity contribution in [1.82, 2.24) is 0 Å². The Kier molecular flexibility index (Phi) is 3.94. The summed E-state index contributed by atoms with van der Waals surface area (Å²) in [6.07, 6.45) is 2.25. The number of aliphatic hydroxyl groups excluding tert-OH is 1. The summed E-state index contributed by atoms with van der Waals surface area (Å²) in [6, 6.07) is 0.928. The molecule has 7 heteroatoms. The molecule has 0 bridgehead atoms. The maximum atomic E-state index is 13.4. The summed E-state index contributed by atoms with van der Waals surface area (Å²) in [7, 11) is 0. The molecule has 1 saturated carbocycles. The highest BCUT2D eigenvalue weighted by atomic mass is 19.1. The molecule has 0 aliphatic heterocycles. The average Bonchev–Trinajstić information content (AvgIpc) is 2.30. The molecule has 0 radical (unpaired) electrons. The zero-order chi connectivity index (χ0) is 14.0. The molecule has 104 valence electrons. The second kappa shape index (κ2) is 5.48. The third-order valence-corrected chi connectivity index (χ3v) is 3.28. The third-order valence-electron chi connectivity index (χ3n) is 3.28. The number of nitro benzene ring substituents is 1. The van der Waals surface area contributed by atoms with Crippen LogP contribution in [0, 0.1) is 21.7 Å². The third kappa shape index (κ3) is 2.98. The molecule has 1 aliphatic carbocycles. The van der Waals surface area contributed by atoms with Crippen molar-refractivity contribution in [3.8, 4) is 0 Å². The van der Waals surface area contributed by atoms with E-state index in [9.17, 15) is 24.0 Å². The van der Waals surface area contributed by atoms with Gasteiger partial charge in [-0.2, -0.15) is 4.39 Å². The van der Waals surface area contributed by atoms with Crippen molar-refractivity contribution in [3.05, 3.63) is 33.9 Å². The van der Waals surface area contributed by atoms with Crippen LogP contribution in [0.1, 0.15) is 25.7 Å². The van der Waals surface area contributed by atoms with Crippen molar-refractivity contribution in [1.29, 1.82) is 0 Å². The van der Waals surface area contributed by atoms with Crippen LogP contribution in [0.15, 0.2) is 12.1 Å². The number of hydrogen-bond donors (Lipinski definition) is 2. The summed E-state index contributed by atoms with van der Waals surface area (Å²) in [5.74, 6) is -2.12. The van der Waals surface area contributed by atoms with Gasteiger partial charge in [0.1, 0.15) is 11.5 Å². The van der Waals surface area contributed by atoms with E-state index in [1.54, 1.807) is 0 Å². The molecule has 0 spiro atoms. The highest BCUT2D eigenvalue weighted by molar-refractivity contribution is 5.62. The van der Waals surface area contributed by atoms with E-state index in [2.05, 4.69) is 5.32 Å². The van der Waals surface area contributed by atoms with Gasteiger partial charge >= 0.3 is 5.69 Å². The minimum absolute atomic E-state index is 0.228. The first-order chi connectivity index (χ1) is 8.99. The number of benzene rings is 1. The number of anilines is 1. The van der Waals surface area contributed by atoms with Crippen molar-refractivity contribution >= 4 is 11.4 Å². The Morgan fingerprint density at radius 2 is 2.00 bits per heavy atom. The fraction of sp³-hybridized carbons (Fsp3) is 0.500. The number of rotatable bonds is 3. The number of nitrogens with one attached hydrogen (secondary N) is 1. The van der Waals surface area contributed by atoms with Crippen LogP contribution in [-0.2, 0) is 0 Å². The molecule has 0 heterocycles. The molecule has 1 aromatic carbocycles. The first-order valence-electron chi connectivity index (χ1n) is 6.07. The summed E-state index contributed by atoms with van der Waals surface area (Å²) in [6.45, 7) is 0. The molecule has 19 heavy (non-hydrogen) atoms. The molecule has 1 fully saturated rings. The summed E-state index contributed by atoms with van der Waals surface area (Å²) in [5, 5.41) is 23.3. The molecule has 0 saturated heterocycles. The first kappa shape index (κ1) is 13.7. The molecule has 0 aromatic heterocycles. The first-order valence-corrected chi connectivity index (χ1v) is 6.07. The fourth-order valence-corrected chi connectivity index (χ4v) is 2.34. The van der Waals surface area contributed by atoms with Crippen LogP contribution in [0.25, 0.3) is 0 Å². The lowest BCUT2D eigenvalue weighted by Crippen LogP contribution is -2.36. The summed E-state index contributed by atoms with van der Waals surface area (Å²) < 4.78 is 26.6. The minimum atomic E-state index is -1.22. The van der Waals surface area contributed by atoms with E-state index in [0.717, 1.165) is 18.9 Å². The van der Waals surface area contributed by atoms with Gasteiger partial charge in [0.2, 0.25) is 5.82 Å². The molecule has 2 atom stereocenters. The van der Waals surface area contributed by atoms with Crippen molar-refractivity contribution in [2.45, 2.75) is 37.8 Å². The maximum Gasteiger partial charge on any atom is 0.327 e. The van der Waals surface area contributed by atoms with Crippen LogP contribution in [0.2, 0.25) is 0 Å². The highest BCUT2D eigenvalue weighted by Gasteiger charge is 2.28. The van der Waals surface area contributed by atoms with Crippen molar-refractivity contribution < 1.29 is 18.8 Å². The number of nitrogens with zero attached hydrogens (tertiary/aromatic N) is 1. The number of hydrogen-bond acceptors (Lipinski definition) is 4. The summed E-state index contributed by atoms with van der Waals surface area (Å²) in [4.78, 5) is 9.92. The van der Waals surface area contributed by atoms with Gasteiger partial charge in [0.15, 0.2) is 0 Å². The van der Waals surface area contributed by atoms with Gasteiger partial charge in [0.05, 0.1) is 17.1 Å². The standard InChI is InChI=1S/C12H14F2N2O3/c13-7-5-8(14)12(16(18)19)10(6-7)15-9-3-1-2-4-11(9)17/h5-6,9,11,15,17H,1-4H2. The lowest BCUT2D eigenvalue weighted by Gasteiger charge is -2.29. The largest absolute Gasteiger partial charge is 0.391 e. The molecule has 2 N–H and O–H groups in total. The Morgan fingerprint density at radius 1 is 1.32 bits per heavy atom. The number of nitro groups is 1. The molecule has 5 nitrogen and oxygen atoms in total. The molecule has 0 amide bonds. The van der Waals surface area contributed by atoms with Gasteiger partial charge in [0, 0.05) is 12.1 Å². The van der Waals surface area contributed by atoms with Gasteiger partial charge < -0.3 is 10.4 Å². The van der Waals surface area contributed by atoms with E-state index in [-0.39, 0.29) is 5.69 Å². The van der Waals surface area contributed by atoms with Crippen LogP contribution >= 0.6 is 0 Å². The normalized spacial score (nSPS) is 23.1. The fourth-order valence-electron chi connectivity index (χ4n) is 2.34. The quantitative estimate of drug-likeness (QED) is 0.655. The number of aliphatic hydroxyl groups is 1. The summed E-state index contributed by atoms with van der Waals surface area (Å²) >= 11 is 0. The topological polar surface area (TPSA) is 75.4 Å². The van der Waals surface area contributed by atoms with E-state index < -0.39 is 34.4 Å². The predicted octanol–water partition coefficient (Wildman–Crippen LogP) is 2.59. The Hall–Kier alpha value is -1.76. The van der Waals surface area contributed by atoms with Crippen molar-refractivity contribution in [2.75, 3.05) is 5.32 Å². The van der Waals surface area contributed by atoms with Gasteiger partial charge in [-0.15, -0.1) is 0 Å². The molecule has 2 unspecified atom stereocenters. The van der Waals surface area contributed by atoms with Gasteiger partial charge in [-0.1, -0.05) is 12.8 Å². The van der Waals surface area contributed by atoms with E-state index in [4.69, 9.17) is 0 Å². The molecular formula is C12H14F2N2O3. The molecule has 2 rings (SSSR count). The van der Waals surface area contributed by atoms with Gasteiger partial charge in [0.25, 0.3) is 0 Å². The van der Waals surface area contributed by atoms with E-state index in [0.29, 0.717) is 18.9 Å². The molecular weight excluding hydrogens is 258 g/mol. The second-order valence-electron chi connectivity index (χ2n) is 4.64. The summed E-state index contributed by atoms with van der Waals surface area (Å²) in [5.41, 5.74) is -1.02. The molecule has 1 aromatic rings. The predicted molar refractivity (Wildman–Crippen MR) is 64.9 cm³/mol. The van der Waals surface area contributed by atoms with Crippen molar-refractivity contribution in [3.63, 3.8) is 0 Å². The monoisotopic (exact) mass is 272 g/mol. The lowest BCUT2D eigenvalue weighted by molar-refractivity contribution is -0.386. The second-order valence-corrected chi connectivity index (χ2v) is 4.64. The average molecular weight is 272 g/mol. The van der Waals surface area contributed by atoms with E-state index in [1.807, 2.05) is 0 Å². The molecule has 1 aliphatic rings. The minimum Gasteiger partial charge on any atom is -0.391 e. The lowest BCUT2D eigenvalue weighted by atomic mass is 9.92. The van der Waals surface area contributed by atoms with Gasteiger partial charge in [-0.25, -0.2) is 4.39 Å². The highest BCUT2D eigenvalue weighted by Crippen LogP contribution is 2.31. The van der Waals surface area contributed by atoms with Crippen LogP contribution in [-0.4, -0.2) is 22.2 Å². The zero-order valence-electron chi connectivity index (χ0n) is 10.1. The van der Waals surface area contributed by atoms with Crippen molar-refractivity contribution in [2.24, 2.45) is 0 Å². The van der Waals surface area contributed by atoms with Crippen LogP contribution in [0.3, 0.4) is 0 Å². The Labute approximate surface area is 108 Å². The smallest absolute Gasteiger partial charge is 0.327 e. The van der Waals surface area contributed by atoms with E-state index in [1.165, 1.54) is 0 Å². The number of halogens is 2. The maximum absolute atomic E-state index is 13.4. The van der Waals surface area contributed by atoms with Gasteiger partial charge in [-0.05, 0) is 12.8 Å². The van der Waals surface area contributed by atoms with Crippen LogP contribution < -0.4 is 5.32 Å². The SMILES string of the molecule is O=[N+]([O-])c1c(F)cc(F)cc1NC1CCCCC1O. The van der Waals surface area contributed by atoms with Crippen LogP contribution in [0.4, 0.5) is 20.2 Å². The van der Waals surface area contributed by atoms with Gasteiger partial charge in [-0.3, -0.25) is 10.1 Å². The Morgan fingerprint density at radius 3 is 2.63 bits per heavy atom. The Bertz CT molecular complexity index is 496. The zero-order valence-corrected chi connectivity index (χ0v) is 10.1.